The van der Waals surface area contributed by atoms with Crippen LogP contribution in [-0.4, -0.2) is 29.2 Å². The fourth-order valence-electron chi connectivity index (χ4n) is 2.89. The Bertz CT molecular complexity index is 405. The number of hydrogen-bond donors (Lipinski definition) is 2. The zero-order valence-electron chi connectivity index (χ0n) is 11.3. The molecule has 19 heavy (non-hydrogen) atoms. The van der Waals surface area contributed by atoms with E-state index in [1.807, 2.05) is 12.1 Å². The maximum atomic E-state index is 9.26. The number of aliphatic hydroxyl groups excluding tert-OH is 1. The quantitative estimate of drug-likeness (QED) is 0.816. The third-order valence-corrected chi connectivity index (χ3v) is 4.19. The van der Waals surface area contributed by atoms with E-state index in [-0.39, 0.29) is 6.61 Å². The van der Waals surface area contributed by atoms with Gasteiger partial charge in [-0.2, -0.15) is 0 Å². The van der Waals surface area contributed by atoms with Crippen LogP contribution < -0.4 is 5.73 Å². The molecule has 0 radical (unpaired) electrons. The minimum atomic E-state index is 0.198. The molecule has 2 rings (SSSR count). The highest BCUT2D eigenvalue weighted by Crippen LogP contribution is 2.26. The molecule has 0 heterocycles. The normalized spacial score (nSPS) is 17.0. The molecule has 0 amide bonds. The van der Waals surface area contributed by atoms with Gasteiger partial charge in [0.1, 0.15) is 0 Å². The molecule has 1 aromatic rings. The summed E-state index contributed by atoms with van der Waals surface area (Å²) >= 11 is 5.93. The lowest BCUT2D eigenvalue weighted by Crippen LogP contribution is -2.38. The van der Waals surface area contributed by atoms with E-state index in [0.717, 1.165) is 17.8 Å². The zero-order valence-corrected chi connectivity index (χ0v) is 12.1. The van der Waals surface area contributed by atoms with Crippen molar-refractivity contribution >= 4 is 17.3 Å². The summed E-state index contributed by atoms with van der Waals surface area (Å²) in [6, 6.07) is 6.25. The van der Waals surface area contributed by atoms with Gasteiger partial charge in [-0.25, -0.2) is 0 Å². The molecule has 1 aliphatic rings. The Hall–Kier alpha value is -0.770. The molecule has 1 fully saturated rings. The second-order valence-electron chi connectivity index (χ2n) is 5.33. The number of benzene rings is 1. The van der Waals surface area contributed by atoms with Crippen molar-refractivity contribution in [1.29, 1.82) is 0 Å². The molecule has 1 saturated carbocycles. The predicted molar refractivity (Wildman–Crippen MR) is 80.2 cm³/mol. The van der Waals surface area contributed by atoms with E-state index in [4.69, 9.17) is 17.3 Å². The largest absolute Gasteiger partial charge is 0.398 e. The molecular weight excluding hydrogens is 260 g/mol. The average molecular weight is 283 g/mol. The van der Waals surface area contributed by atoms with Crippen molar-refractivity contribution in [3.8, 4) is 0 Å². The molecule has 0 aromatic heterocycles. The van der Waals surface area contributed by atoms with Crippen molar-refractivity contribution in [3.63, 3.8) is 0 Å². The number of hydrogen-bond acceptors (Lipinski definition) is 3. The highest BCUT2D eigenvalue weighted by atomic mass is 35.5. The molecule has 3 N–H and O–H groups in total. The molecular formula is C15H23ClN2O. The van der Waals surface area contributed by atoms with Crippen LogP contribution in [0, 0.1) is 0 Å². The topological polar surface area (TPSA) is 49.5 Å². The Morgan fingerprint density at radius 1 is 1.26 bits per heavy atom. The number of nitrogens with two attached hydrogens (primary N) is 1. The second-order valence-corrected chi connectivity index (χ2v) is 5.77. The van der Waals surface area contributed by atoms with Gasteiger partial charge < -0.3 is 10.8 Å². The first-order valence-electron chi connectivity index (χ1n) is 7.09. The summed E-state index contributed by atoms with van der Waals surface area (Å²) in [6.45, 7) is 1.71. The van der Waals surface area contributed by atoms with Crippen LogP contribution in [0.1, 0.15) is 37.7 Å². The number of halogens is 1. The molecule has 0 saturated heterocycles. The summed E-state index contributed by atoms with van der Waals surface area (Å²) in [5.74, 6) is 0. The SMILES string of the molecule is Nc1cc(Cl)ccc1CN(CCO)C1CCCCC1. The third kappa shape index (κ3) is 4.10. The Balaban J connectivity index is 2.06. The fourth-order valence-corrected chi connectivity index (χ4v) is 3.07. The van der Waals surface area contributed by atoms with Gasteiger partial charge in [-0.05, 0) is 30.5 Å². The minimum Gasteiger partial charge on any atom is -0.398 e. The Kier molecular flexibility index (Phi) is 5.49. The lowest BCUT2D eigenvalue weighted by molar-refractivity contribution is 0.117. The monoisotopic (exact) mass is 282 g/mol. The molecule has 0 aliphatic heterocycles. The maximum Gasteiger partial charge on any atom is 0.0558 e. The molecule has 1 aromatic carbocycles. The van der Waals surface area contributed by atoms with Gasteiger partial charge in [0.25, 0.3) is 0 Å². The summed E-state index contributed by atoms with van der Waals surface area (Å²) < 4.78 is 0. The number of nitrogens with zero attached hydrogens (tertiary/aromatic N) is 1. The summed E-state index contributed by atoms with van der Waals surface area (Å²) in [6.07, 6.45) is 6.39. The van der Waals surface area contributed by atoms with Crippen molar-refractivity contribution in [1.82, 2.24) is 4.90 Å². The van der Waals surface area contributed by atoms with Gasteiger partial charge in [-0.3, -0.25) is 4.90 Å². The Labute approximate surface area is 120 Å². The first-order valence-corrected chi connectivity index (χ1v) is 7.47. The number of nitrogen functional groups attached to an aromatic ring is 1. The van der Waals surface area contributed by atoms with Crippen LogP contribution in [0.4, 0.5) is 5.69 Å². The third-order valence-electron chi connectivity index (χ3n) is 3.96. The first-order chi connectivity index (χ1) is 9.20. The maximum absolute atomic E-state index is 9.26. The Morgan fingerprint density at radius 2 is 2.00 bits per heavy atom. The molecule has 106 valence electrons. The van der Waals surface area contributed by atoms with Crippen molar-refractivity contribution < 1.29 is 5.11 Å². The summed E-state index contributed by atoms with van der Waals surface area (Å²) in [4.78, 5) is 2.36. The molecule has 4 heteroatoms. The summed E-state index contributed by atoms with van der Waals surface area (Å²) in [5.41, 5.74) is 7.86. The lowest BCUT2D eigenvalue weighted by Gasteiger charge is -2.34. The molecule has 0 atom stereocenters. The standard InChI is InChI=1S/C15H23ClN2O/c16-13-7-6-12(15(17)10-13)11-18(8-9-19)14-4-2-1-3-5-14/h6-7,10,14,19H,1-5,8-9,11,17H2. The number of aliphatic hydroxyl groups is 1. The van der Waals surface area contributed by atoms with Gasteiger partial charge >= 0.3 is 0 Å². The molecule has 0 spiro atoms. The number of rotatable bonds is 5. The highest BCUT2D eigenvalue weighted by Gasteiger charge is 2.21. The molecule has 3 nitrogen and oxygen atoms in total. The van der Waals surface area contributed by atoms with Crippen molar-refractivity contribution in [3.05, 3.63) is 28.8 Å². The van der Waals surface area contributed by atoms with E-state index in [1.54, 1.807) is 6.07 Å². The van der Waals surface area contributed by atoms with Crippen LogP contribution in [-0.2, 0) is 6.54 Å². The smallest absolute Gasteiger partial charge is 0.0558 e. The second kappa shape index (κ2) is 7.13. The van der Waals surface area contributed by atoms with Crippen LogP contribution in [0.5, 0.6) is 0 Å². The van der Waals surface area contributed by atoms with Crippen molar-refractivity contribution in [2.45, 2.75) is 44.7 Å². The molecule has 0 bridgehead atoms. The van der Waals surface area contributed by atoms with Gasteiger partial charge in [0, 0.05) is 29.8 Å². The van der Waals surface area contributed by atoms with E-state index < -0.39 is 0 Å². The van der Waals surface area contributed by atoms with Gasteiger partial charge in [-0.15, -0.1) is 0 Å². The van der Waals surface area contributed by atoms with E-state index in [1.165, 1.54) is 32.1 Å². The average Bonchev–Trinajstić information content (AvgIpc) is 2.42. The first kappa shape index (κ1) is 14.6. The number of anilines is 1. The van der Waals surface area contributed by atoms with Crippen LogP contribution in [0.2, 0.25) is 5.02 Å². The highest BCUT2D eigenvalue weighted by molar-refractivity contribution is 6.30. The summed E-state index contributed by atoms with van der Waals surface area (Å²) in [7, 11) is 0. The van der Waals surface area contributed by atoms with Crippen molar-refractivity contribution in [2.24, 2.45) is 0 Å². The minimum absolute atomic E-state index is 0.198. The molecule has 0 unspecified atom stereocenters. The van der Waals surface area contributed by atoms with E-state index >= 15 is 0 Å². The van der Waals surface area contributed by atoms with E-state index in [2.05, 4.69) is 4.90 Å². The van der Waals surface area contributed by atoms with E-state index in [0.29, 0.717) is 17.6 Å². The van der Waals surface area contributed by atoms with Gasteiger partial charge in [0.2, 0.25) is 0 Å². The van der Waals surface area contributed by atoms with Gasteiger partial charge in [-0.1, -0.05) is 36.9 Å². The van der Waals surface area contributed by atoms with Crippen LogP contribution in [0.15, 0.2) is 18.2 Å². The molecule has 1 aliphatic carbocycles. The van der Waals surface area contributed by atoms with E-state index in [9.17, 15) is 5.11 Å². The predicted octanol–water partition coefficient (Wildman–Crippen LogP) is 3.05. The van der Waals surface area contributed by atoms with Gasteiger partial charge in [0.05, 0.1) is 6.61 Å². The van der Waals surface area contributed by atoms with Crippen molar-refractivity contribution in [2.75, 3.05) is 18.9 Å². The van der Waals surface area contributed by atoms with Gasteiger partial charge in [0.15, 0.2) is 0 Å². The zero-order chi connectivity index (χ0) is 13.7. The van der Waals surface area contributed by atoms with Crippen LogP contribution in [0.25, 0.3) is 0 Å². The van der Waals surface area contributed by atoms with Crippen LogP contribution in [0.3, 0.4) is 0 Å². The Morgan fingerprint density at radius 3 is 2.63 bits per heavy atom. The fraction of sp³-hybridized carbons (Fsp3) is 0.600. The summed E-state index contributed by atoms with van der Waals surface area (Å²) in [5, 5.41) is 9.94. The lowest BCUT2D eigenvalue weighted by atomic mass is 9.93. The van der Waals surface area contributed by atoms with Crippen LogP contribution >= 0.6 is 11.6 Å².